The molecule has 1 aromatic rings. The van der Waals surface area contributed by atoms with Gasteiger partial charge in [0.1, 0.15) is 0 Å². The molecule has 0 aliphatic heterocycles. The van der Waals surface area contributed by atoms with E-state index in [9.17, 15) is 0 Å². The van der Waals surface area contributed by atoms with Crippen LogP contribution in [0.3, 0.4) is 0 Å². The van der Waals surface area contributed by atoms with Crippen molar-refractivity contribution in [3.8, 4) is 0 Å². The van der Waals surface area contributed by atoms with Gasteiger partial charge in [-0.25, -0.2) is 0 Å². The molecule has 0 aromatic carbocycles. The minimum absolute atomic E-state index is 0.745. The van der Waals surface area contributed by atoms with Crippen LogP contribution in [0.1, 0.15) is 51.9 Å². The van der Waals surface area contributed by atoms with Crippen LogP contribution in [-0.4, -0.2) is 22.9 Å². The summed E-state index contributed by atoms with van der Waals surface area (Å²) in [7, 11) is 0. The van der Waals surface area contributed by atoms with Crippen LogP contribution in [0.25, 0.3) is 0 Å². The van der Waals surface area contributed by atoms with E-state index in [-0.39, 0.29) is 0 Å². The van der Waals surface area contributed by atoms with Gasteiger partial charge in [-0.3, -0.25) is 4.68 Å². The molecule has 0 spiro atoms. The first kappa shape index (κ1) is 15.2. The Morgan fingerprint density at radius 3 is 2.61 bits per heavy atom. The van der Waals surface area contributed by atoms with Crippen molar-refractivity contribution in [3.05, 3.63) is 17.5 Å². The molecule has 0 atom stereocenters. The largest absolute Gasteiger partial charge is 0.316 e. The topological polar surface area (TPSA) is 29.9 Å². The summed E-state index contributed by atoms with van der Waals surface area (Å²) in [5.41, 5.74) is 2.60. The van der Waals surface area contributed by atoms with Crippen molar-refractivity contribution in [2.75, 3.05) is 13.1 Å². The minimum atomic E-state index is 0.745. The summed E-state index contributed by atoms with van der Waals surface area (Å²) < 4.78 is 2.20. The Hall–Kier alpha value is -0.830. The number of unbranched alkanes of at least 4 members (excludes halogenated alkanes) is 1. The fourth-order valence-corrected chi connectivity index (χ4v) is 2.07. The molecular weight excluding hydrogens is 222 g/mol. The van der Waals surface area contributed by atoms with Gasteiger partial charge in [0.15, 0.2) is 0 Å². The fourth-order valence-electron chi connectivity index (χ4n) is 2.07. The van der Waals surface area contributed by atoms with Crippen LogP contribution in [0.5, 0.6) is 0 Å². The maximum atomic E-state index is 4.64. The molecule has 0 unspecified atom stereocenters. The maximum absolute atomic E-state index is 4.64. The molecule has 18 heavy (non-hydrogen) atoms. The van der Waals surface area contributed by atoms with E-state index in [1.54, 1.807) is 0 Å². The molecule has 1 rings (SSSR count). The number of nitrogens with one attached hydrogen (secondary N) is 1. The zero-order chi connectivity index (χ0) is 13.4. The standard InChI is InChI=1S/C15H29N3/c1-5-14-11-15(6-2)18(17-14)10-8-7-9-16-12-13(3)4/h11,13,16H,5-10,12H2,1-4H3. The third kappa shape index (κ3) is 5.21. The average molecular weight is 251 g/mol. The lowest BCUT2D eigenvalue weighted by molar-refractivity contribution is 0.497. The first-order chi connectivity index (χ1) is 8.67. The summed E-state index contributed by atoms with van der Waals surface area (Å²) in [4.78, 5) is 0. The molecule has 3 heteroatoms. The highest BCUT2D eigenvalue weighted by Gasteiger charge is 2.04. The monoisotopic (exact) mass is 251 g/mol. The molecule has 1 aromatic heterocycles. The van der Waals surface area contributed by atoms with Gasteiger partial charge in [0, 0.05) is 12.2 Å². The van der Waals surface area contributed by atoms with Crippen molar-refractivity contribution >= 4 is 0 Å². The molecule has 104 valence electrons. The smallest absolute Gasteiger partial charge is 0.0624 e. The Kier molecular flexibility index (Phi) is 7.02. The SMILES string of the molecule is CCc1cc(CC)n(CCCCNCC(C)C)n1. The maximum Gasteiger partial charge on any atom is 0.0624 e. The van der Waals surface area contributed by atoms with E-state index in [0.29, 0.717) is 0 Å². The molecule has 0 bridgehead atoms. The zero-order valence-electron chi connectivity index (χ0n) is 12.5. The Labute approximate surface area is 112 Å². The van der Waals surface area contributed by atoms with E-state index in [1.165, 1.54) is 24.2 Å². The van der Waals surface area contributed by atoms with E-state index in [2.05, 4.69) is 48.9 Å². The third-order valence-corrected chi connectivity index (χ3v) is 3.16. The number of aromatic nitrogens is 2. The second-order valence-electron chi connectivity index (χ2n) is 5.36. The minimum Gasteiger partial charge on any atom is -0.316 e. The Morgan fingerprint density at radius 1 is 1.22 bits per heavy atom. The van der Waals surface area contributed by atoms with Gasteiger partial charge in [0.2, 0.25) is 0 Å². The second kappa shape index (κ2) is 8.30. The number of nitrogens with zero attached hydrogens (tertiary/aromatic N) is 2. The van der Waals surface area contributed by atoms with E-state index >= 15 is 0 Å². The van der Waals surface area contributed by atoms with Crippen molar-refractivity contribution in [3.63, 3.8) is 0 Å². The molecule has 1 N–H and O–H groups in total. The molecule has 0 aliphatic rings. The normalized spacial score (nSPS) is 11.4. The van der Waals surface area contributed by atoms with Crippen LogP contribution < -0.4 is 5.32 Å². The van der Waals surface area contributed by atoms with Crippen LogP contribution in [0.15, 0.2) is 6.07 Å². The predicted octanol–water partition coefficient (Wildman–Crippen LogP) is 3.03. The highest BCUT2D eigenvalue weighted by atomic mass is 15.3. The van der Waals surface area contributed by atoms with Gasteiger partial charge in [-0.05, 0) is 50.8 Å². The highest BCUT2D eigenvalue weighted by molar-refractivity contribution is 5.10. The first-order valence-electron chi connectivity index (χ1n) is 7.43. The lowest BCUT2D eigenvalue weighted by Crippen LogP contribution is -2.21. The summed E-state index contributed by atoms with van der Waals surface area (Å²) in [6.45, 7) is 12.2. The number of rotatable bonds is 9. The molecule has 0 radical (unpaired) electrons. The third-order valence-electron chi connectivity index (χ3n) is 3.16. The van der Waals surface area contributed by atoms with Crippen molar-refractivity contribution < 1.29 is 0 Å². The molecule has 0 saturated heterocycles. The summed E-state index contributed by atoms with van der Waals surface area (Å²) in [6, 6.07) is 2.25. The van der Waals surface area contributed by atoms with Gasteiger partial charge in [-0.1, -0.05) is 27.7 Å². The van der Waals surface area contributed by atoms with Crippen molar-refractivity contribution in [1.82, 2.24) is 15.1 Å². The highest BCUT2D eigenvalue weighted by Crippen LogP contribution is 2.07. The summed E-state index contributed by atoms with van der Waals surface area (Å²) in [5, 5.41) is 8.13. The molecule has 0 saturated carbocycles. The number of hydrogen-bond donors (Lipinski definition) is 1. The average Bonchev–Trinajstić information content (AvgIpc) is 2.75. The van der Waals surface area contributed by atoms with Gasteiger partial charge in [-0.15, -0.1) is 0 Å². The zero-order valence-corrected chi connectivity index (χ0v) is 12.5. The predicted molar refractivity (Wildman–Crippen MR) is 77.9 cm³/mol. The van der Waals surface area contributed by atoms with E-state index < -0.39 is 0 Å². The van der Waals surface area contributed by atoms with Gasteiger partial charge < -0.3 is 5.32 Å². The fraction of sp³-hybridized carbons (Fsp3) is 0.800. The second-order valence-corrected chi connectivity index (χ2v) is 5.36. The summed E-state index contributed by atoms with van der Waals surface area (Å²) in [5.74, 6) is 0.745. The molecule has 0 fully saturated rings. The molecule has 0 amide bonds. The first-order valence-corrected chi connectivity index (χ1v) is 7.43. The molecule has 1 heterocycles. The van der Waals surface area contributed by atoms with Gasteiger partial charge in [-0.2, -0.15) is 5.10 Å². The molecular formula is C15H29N3. The van der Waals surface area contributed by atoms with E-state index in [4.69, 9.17) is 0 Å². The van der Waals surface area contributed by atoms with Crippen molar-refractivity contribution in [2.45, 2.75) is 59.9 Å². The number of aryl methyl sites for hydroxylation is 3. The van der Waals surface area contributed by atoms with Crippen LogP contribution in [0, 0.1) is 5.92 Å². The van der Waals surface area contributed by atoms with E-state index in [1.807, 2.05) is 0 Å². The lowest BCUT2D eigenvalue weighted by Gasteiger charge is -2.08. The summed E-state index contributed by atoms with van der Waals surface area (Å²) in [6.07, 6.45) is 4.56. The quantitative estimate of drug-likeness (QED) is 0.684. The van der Waals surface area contributed by atoms with Crippen LogP contribution in [0.4, 0.5) is 0 Å². The van der Waals surface area contributed by atoms with Gasteiger partial charge in [0.25, 0.3) is 0 Å². The number of hydrogen-bond acceptors (Lipinski definition) is 2. The van der Waals surface area contributed by atoms with Crippen LogP contribution >= 0.6 is 0 Å². The lowest BCUT2D eigenvalue weighted by atomic mass is 10.2. The van der Waals surface area contributed by atoms with Crippen LogP contribution in [0.2, 0.25) is 0 Å². The Morgan fingerprint density at radius 2 is 2.00 bits per heavy atom. The van der Waals surface area contributed by atoms with Crippen LogP contribution in [-0.2, 0) is 19.4 Å². The van der Waals surface area contributed by atoms with E-state index in [0.717, 1.165) is 38.4 Å². The Bertz CT molecular complexity index is 328. The van der Waals surface area contributed by atoms with Crippen molar-refractivity contribution in [1.29, 1.82) is 0 Å². The summed E-state index contributed by atoms with van der Waals surface area (Å²) >= 11 is 0. The van der Waals surface area contributed by atoms with Crippen molar-refractivity contribution in [2.24, 2.45) is 5.92 Å². The Balaban J connectivity index is 2.24. The van der Waals surface area contributed by atoms with Gasteiger partial charge in [0.05, 0.1) is 5.69 Å². The molecule has 3 nitrogen and oxygen atoms in total. The molecule has 0 aliphatic carbocycles. The van der Waals surface area contributed by atoms with Gasteiger partial charge >= 0.3 is 0 Å².